The first-order valence-electron chi connectivity index (χ1n) is 8.35. The van der Waals surface area contributed by atoms with Crippen LogP contribution in [-0.2, 0) is 0 Å². The van der Waals surface area contributed by atoms with E-state index in [1.807, 2.05) is 24.4 Å². The fourth-order valence-corrected chi connectivity index (χ4v) is 4.10. The number of aromatic amines is 1. The summed E-state index contributed by atoms with van der Waals surface area (Å²) in [4.78, 5) is 5.51. The van der Waals surface area contributed by atoms with E-state index in [-0.39, 0.29) is 0 Å². The van der Waals surface area contributed by atoms with Gasteiger partial charge in [-0.15, -0.1) is 0 Å². The predicted molar refractivity (Wildman–Crippen MR) is 106 cm³/mol. The molecule has 0 bridgehead atoms. The number of benzene rings is 2. The summed E-state index contributed by atoms with van der Waals surface area (Å²) < 4.78 is 21.6. The Bertz CT molecular complexity index is 1040. The van der Waals surface area contributed by atoms with Crippen LogP contribution in [-0.4, -0.2) is 26.3 Å². The molecule has 6 heteroatoms. The molecule has 0 aliphatic rings. The summed E-state index contributed by atoms with van der Waals surface area (Å²) in [7, 11) is 4.84. The van der Waals surface area contributed by atoms with Crippen LogP contribution >= 0.6 is 11.8 Å². The molecule has 0 amide bonds. The standard InChI is InChI=1S/C21H19NO4S/c1-23-17-9-14(10-18(24-2)21(17)25-3)27-19-11-22-20-15(5-4-6-16(19)20)13-7-8-26-12-13/h4-12,22H,1-3H3. The second kappa shape index (κ2) is 7.32. The van der Waals surface area contributed by atoms with Crippen molar-refractivity contribution in [3.8, 4) is 28.4 Å². The Morgan fingerprint density at radius 3 is 2.37 bits per heavy atom. The van der Waals surface area contributed by atoms with E-state index in [4.69, 9.17) is 18.6 Å². The maximum Gasteiger partial charge on any atom is 0.203 e. The van der Waals surface area contributed by atoms with Crippen molar-refractivity contribution in [2.45, 2.75) is 9.79 Å². The summed E-state index contributed by atoms with van der Waals surface area (Å²) in [5.41, 5.74) is 3.23. The number of hydrogen-bond acceptors (Lipinski definition) is 5. The second-order valence-electron chi connectivity index (χ2n) is 5.86. The first-order valence-corrected chi connectivity index (χ1v) is 9.17. The van der Waals surface area contributed by atoms with E-state index < -0.39 is 0 Å². The zero-order valence-electron chi connectivity index (χ0n) is 15.2. The van der Waals surface area contributed by atoms with Crippen LogP contribution in [0.3, 0.4) is 0 Å². The number of nitrogens with one attached hydrogen (secondary N) is 1. The van der Waals surface area contributed by atoms with E-state index in [1.165, 1.54) is 0 Å². The minimum absolute atomic E-state index is 0.588. The van der Waals surface area contributed by atoms with E-state index >= 15 is 0 Å². The van der Waals surface area contributed by atoms with Gasteiger partial charge in [0.1, 0.15) is 0 Å². The van der Waals surface area contributed by atoms with E-state index in [9.17, 15) is 0 Å². The number of furan rings is 1. The molecule has 138 valence electrons. The molecule has 0 spiro atoms. The Labute approximate surface area is 161 Å². The van der Waals surface area contributed by atoms with Crippen molar-refractivity contribution in [2.24, 2.45) is 0 Å². The summed E-state index contributed by atoms with van der Waals surface area (Å²) >= 11 is 1.64. The molecule has 2 aromatic heterocycles. The van der Waals surface area contributed by atoms with Gasteiger partial charge in [-0.3, -0.25) is 0 Å². The SMILES string of the molecule is COc1cc(Sc2c[nH]c3c(-c4ccoc4)cccc23)cc(OC)c1OC. The molecular formula is C21H19NO4S. The molecule has 0 atom stereocenters. The zero-order chi connectivity index (χ0) is 18.8. The molecule has 1 N–H and O–H groups in total. The highest BCUT2D eigenvalue weighted by atomic mass is 32.2. The first kappa shape index (κ1) is 17.4. The smallest absolute Gasteiger partial charge is 0.203 e. The highest BCUT2D eigenvalue weighted by Crippen LogP contribution is 2.44. The molecular weight excluding hydrogens is 362 g/mol. The number of H-pyrrole nitrogens is 1. The Morgan fingerprint density at radius 2 is 1.74 bits per heavy atom. The fraction of sp³-hybridized carbons (Fsp3) is 0.143. The molecule has 4 rings (SSSR count). The molecule has 4 aromatic rings. The molecule has 0 fully saturated rings. The second-order valence-corrected chi connectivity index (χ2v) is 6.97. The number of rotatable bonds is 6. The Morgan fingerprint density at radius 1 is 0.963 bits per heavy atom. The van der Waals surface area contributed by atoms with Gasteiger partial charge in [-0.25, -0.2) is 0 Å². The van der Waals surface area contributed by atoms with Crippen molar-refractivity contribution in [1.29, 1.82) is 0 Å². The Kier molecular flexibility index (Phi) is 4.73. The number of hydrogen-bond donors (Lipinski definition) is 1. The number of ether oxygens (including phenoxy) is 3. The van der Waals surface area contributed by atoms with Crippen LogP contribution < -0.4 is 14.2 Å². The fourth-order valence-electron chi connectivity index (χ4n) is 3.11. The van der Waals surface area contributed by atoms with Crippen molar-refractivity contribution in [2.75, 3.05) is 21.3 Å². The number of fused-ring (bicyclic) bond motifs is 1. The van der Waals surface area contributed by atoms with Gasteiger partial charge in [-0.05, 0) is 18.2 Å². The Hall–Kier alpha value is -2.99. The molecule has 2 aromatic carbocycles. The zero-order valence-corrected chi connectivity index (χ0v) is 16.1. The van der Waals surface area contributed by atoms with Gasteiger partial charge in [0, 0.05) is 32.5 Å². The Balaban J connectivity index is 1.76. The third-order valence-corrected chi connectivity index (χ3v) is 5.40. The highest BCUT2D eigenvalue weighted by molar-refractivity contribution is 7.99. The monoisotopic (exact) mass is 381 g/mol. The van der Waals surface area contributed by atoms with Crippen molar-refractivity contribution in [3.63, 3.8) is 0 Å². The lowest BCUT2D eigenvalue weighted by atomic mass is 10.1. The molecule has 0 radical (unpaired) electrons. The lowest BCUT2D eigenvalue weighted by Gasteiger charge is -2.13. The maximum absolute atomic E-state index is 5.46. The van der Waals surface area contributed by atoms with E-state index in [1.54, 1.807) is 45.6 Å². The van der Waals surface area contributed by atoms with Gasteiger partial charge in [0.2, 0.25) is 5.75 Å². The van der Waals surface area contributed by atoms with Crippen molar-refractivity contribution in [3.05, 3.63) is 55.1 Å². The maximum atomic E-state index is 5.46. The van der Waals surface area contributed by atoms with Crippen LogP contribution in [0.15, 0.2) is 69.3 Å². The average molecular weight is 381 g/mol. The predicted octanol–water partition coefficient (Wildman–Crippen LogP) is 5.60. The summed E-state index contributed by atoms with van der Waals surface area (Å²) in [5.74, 6) is 1.86. The van der Waals surface area contributed by atoms with Gasteiger partial charge in [-0.1, -0.05) is 30.0 Å². The molecule has 0 saturated heterocycles. The van der Waals surface area contributed by atoms with Gasteiger partial charge in [0.15, 0.2) is 11.5 Å². The van der Waals surface area contributed by atoms with Crippen LogP contribution in [0.4, 0.5) is 0 Å². The van der Waals surface area contributed by atoms with Gasteiger partial charge >= 0.3 is 0 Å². The van der Waals surface area contributed by atoms with Gasteiger partial charge in [-0.2, -0.15) is 0 Å². The third kappa shape index (κ3) is 3.13. The minimum atomic E-state index is 0.588. The first-order chi connectivity index (χ1) is 13.2. The number of methoxy groups -OCH3 is 3. The lowest BCUT2D eigenvalue weighted by Crippen LogP contribution is -1.95. The van der Waals surface area contributed by atoms with Gasteiger partial charge in [0.05, 0.1) is 39.4 Å². The van der Waals surface area contributed by atoms with Crippen molar-refractivity contribution < 1.29 is 18.6 Å². The summed E-state index contributed by atoms with van der Waals surface area (Å²) in [5, 5.41) is 1.15. The summed E-state index contributed by atoms with van der Waals surface area (Å²) in [6, 6.07) is 12.1. The average Bonchev–Trinajstić information content (AvgIpc) is 3.37. The largest absolute Gasteiger partial charge is 0.493 e. The van der Waals surface area contributed by atoms with E-state index in [0.29, 0.717) is 17.2 Å². The lowest BCUT2D eigenvalue weighted by molar-refractivity contribution is 0.323. The molecule has 5 nitrogen and oxygen atoms in total. The van der Waals surface area contributed by atoms with E-state index in [2.05, 4.69) is 23.2 Å². The van der Waals surface area contributed by atoms with Gasteiger partial charge < -0.3 is 23.6 Å². The van der Waals surface area contributed by atoms with Crippen molar-refractivity contribution >= 4 is 22.7 Å². The van der Waals surface area contributed by atoms with Crippen LogP contribution in [0.25, 0.3) is 22.0 Å². The van der Waals surface area contributed by atoms with Crippen molar-refractivity contribution in [1.82, 2.24) is 4.98 Å². The minimum Gasteiger partial charge on any atom is -0.493 e. The topological polar surface area (TPSA) is 56.6 Å². The van der Waals surface area contributed by atoms with Crippen LogP contribution in [0.2, 0.25) is 0 Å². The molecule has 0 aliphatic carbocycles. The molecule has 0 unspecified atom stereocenters. The van der Waals surface area contributed by atoms with Gasteiger partial charge in [0.25, 0.3) is 0 Å². The van der Waals surface area contributed by atoms with Crippen LogP contribution in [0, 0.1) is 0 Å². The quantitative estimate of drug-likeness (QED) is 0.471. The van der Waals surface area contributed by atoms with Crippen LogP contribution in [0.1, 0.15) is 0 Å². The third-order valence-electron chi connectivity index (χ3n) is 4.38. The molecule has 0 saturated carbocycles. The summed E-state index contributed by atoms with van der Waals surface area (Å²) in [6.07, 6.45) is 5.45. The summed E-state index contributed by atoms with van der Waals surface area (Å²) in [6.45, 7) is 0. The number of aromatic nitrogens is 1. The van der Waals surface area contributed by atoms with Crippen LogP contribution in [0.5, 0.6) is 17.2 Å². The normalized spacial score (nSPS) is 10.9. The number of para-hydroxylation sites is 1. The van der Waals surface area contributed by atoms with E-state index in [0.717, 1.165) is 31.8 Å². The molecule has 2 heterocycles. The highest BCUT2D eigenvalue weighted by Gasteiger charge is 2.16. The molecule has 0 aliphatic heterocycles. The molecule has 27 heavy (non-hydrogen) atoms.